The number of fused-ring (bicyclic) bond motifs is 6. The van der Waals surface area contributed by atoms with Gasteiger partial charge in [0, 0.05) is 38.9 Å². The molecular weight excluding hydrogens is 556 g/mol. The quantitative estimate of drug-likeness (QED) is 0.195. The van der Waals surface area contributed by atoms with Crippen LogP contribution in [0.15, 0.2) is 182 Å². The molecule has 0 amide bonds. The predicted molar refractivity (Wildman–Crippen MR) is 196 cm³/mol. The van der Waals surface area contributed by atoms with Gasteiger partial charge in [-0.1, -0.05) is 127 Å². The number of hydrogen-bond donors (Lipinski definition) is 0. The minimum Gasteiger partial charge on any atom is -0.310 e. The summed E-state index contributed by atoms with van der Waals surface area (Å²) in [4.78, 5) is 2.36. The van der Waals surface area contributed by atoms with Crippen molar-refractivity contribution in [1.29, 1.82) is 0 Å². The maximum Gasteiger partial charge on any atom is 0.0620 e. The third kappa shape index (κ3) is 4.27. The number of benzene rings is 8. The first-order valence-corrected chi connectivity index (χ1v) is 15.8. The lowest BCUT2D eigenvalue weighted by Crippen LogP contribution is -2.09. The highest BCUT2D eigenvalue weighted by atomic mass is 15.1. The van der Waals surface area contributed by atoms with E-state index in [1.54, 1.807) is 0 Å². The highest BCUT2D eigenvalue weighted by Gasteiger charge is 2.18. The number of para-hydroxylation sites is 3. The standard InChI is InChI=1S/C44H30N2/c1-3-14-34(15-4-1)45(36-26-22-32(23-27-36)39-20-11-13-31-12-7-8-18-38(31)39)37-28-24-33-25-29-41-40-19-9-10-21-43(40)46(44(41)42(33)30-37)35-16-5-2-6-17-35/h1-30H. The third-order valence-electron chi connectivity index (χ3n) is 9.15. The summed E-state index contributed by atoms with van der Waals surface area (Å²) in [6.07, 6.45) is 0. The Hall–Kier alpha value is -6.12. The van der Waals surface area contributed by atoms with Gasteiger partial charge < -0.3 is 9.47 Å². The Morgan fingerprint density at radius 2 is 0.978 bits per heavy atom. The predicted octanol–water partition coefficient (Wildman–Crippen LogP) is 12.2. The molecule has 2 heteroatoms. The molecule has 1 aromatic heterocycles. The van der Waals surface area contributed by atoms with Gasteiger partial charge in [-0.25, -0.2) is 0 Å². The minimum absolute atomic E-state index is 1.12. The van der Waals surface area contributed by atoms with Gasteiger partial charge in [-0.2, -0.15) is 0 Å². The van der Waals surface area contributed by atoms with E-state index in [4.69, 9.17) is 0 Å². The van der Waals surface area contributed by atoms with Gasteiger partial charge in [0.15, 0.2) is 0 Å². The summed E-state index contributed by atoms with van der Waals surface area (Å²) in [5.41, 5.74) is 9.42. The summed E-state index contributed by atoms with van der Waals surface area (Å²) in [7, 11) is 0. The van der Waals surface area contributed by atoms with Crippen LogP contribution < -0.4 is 4.90 Å². The summed E-state index contributed by atoms with van der Waals surface area (Å²) >= 11 is 0. The SMILES string of the molecule is c1ccc(N(c2ccc(-c3cccc4ccccc34)cc2)c2ccc3ccc4c5ccccc5n(-c5ccccc5)c4c3c2)cc1. The molecule has 1 heterocycles. The van der Waals surface area contributed by atoms with Crippen molar-refractivity contribution in [1.82, 2.24) is 4.57 Å². The molecule has 0 fully saturated rings. The molecule has 0 spiro atoms. The van der Waals surface area contributed by atoms with E-state index in [1.165, 1.54) is 54.5 Å². The molecule has 46 heavy (non-hydrogen) atoms. The molecule has 0 bridgehead atoms. The van der Waals surface area contributed by atoms with E-state index in [2.05, 4.69) is 191 Å². The summed E-state index contributed by atoms with van der Waals surface area (Å²) in [6, 6.07) is 65.6. The average molecular weight is 587 g/mol. The van der Waals surface area contributed by atoms with Gasteiger partial charge in [0.25, 0.3) is 0 Å². The van der Waals surface area contributed by atoms with Gasteiger partial charge in [0.05, 0.1) is 11.0 Å². The normalized spacial score (nSPS) is 11.5. The molecule has 9 aromatic rings. The fraction of sp³-hybridized carbons (Fsp3) is 0. The van der Waals surface area contributed by atoms with Crippen LogP contribution in [-0.4, -0.2) is 4.57 Å². The summed E-state index contributed by atoms with van der Waals surface area (Å²) in [5, 5.41) is 7.49. The van der Waals surface area contributed by atoms with Crippen LogP contribution in [0.4, 0.5) is 17.1 Å². The van der Waals surface area contributed by atoms with Crippen LogP contribution in [0.2, 0.25) is 0 Å². The average Bonchev–Trinajstić information content (AvgIpc) is 3.48. The summed E-state index contributed by atoms with van der Waals surface area (Å²) in [5.74, 6) is 0. The molecule has 0 aliphatic rings. The first kappa shape index (κ1) is 26.3. The molecule has 0 saturated heterocycles. The van der Waals surface area contributed by atoms with Crippen molar-refractivity contribution in [3.63, 3.8) is 0 Å². The van der Waals surface area contributed by atoms with Gasteiger partial charge >= 0.3 is 0 Å². The number of nitrogens with zero attached hydrogens (tertiary/aromatic N) is 2. The fourth-order valence-electron chi connectivity index (χ4n) is 7.04. The van der Waals surface area contributed by atoms with Crippen molar-refractivity contribution in [3.8, 4) is 16.8 Å². The first-order chi connectivity index (χ1) is 22.8. The molecular formula is C44H30N2. The van der Waals surface area contributed by atoms with Crippen molar-refractivity contribution in [2.75, 3.05) is 4.90 Å². The topological polar surface area (TPSA) is 8.17 Å². The fourth-order valence-corrected chi connectivity index (χ4v) is 7.04. The van der Waals surface area contributed by atoms with Crippen LogP contribution in [0.3, 0.4) is 0 Å². The lowest BCUT2D eigenvalue weighted by atomic mass is 9.98. The Labute approximate surface area is 268 Å². The molecule has 0 unspecified atom stereocenters. The van der Waals surface area contributed by atoms with Crippen LogP contribution >= 0.6 is 0 Å². The zero-order valence-corrected chi connectivity index (χ0v) is 25.2. The largest absolute Gasteiger partial charge is 0.310 e. The van der Waals surface area contributed by atoms with E-state index in [1.807, 2.05) is 0 Å². The van der Waals surface area contributed by atoms with Gasteiger partial charge in [-0.15, -0.1) is 0 Å². The van der Waals surface area contributed by atoms with Gasteiger partial charge in [0.1, 0.15) is 0 Å². The second-order valence-electron chi connectivity index (χ2n) is 11.8. The lowest BCUT2D eigenvalue weighted by molar-refractivity contribution is 1.19. The van der Waals surface area contributed by atoms with Gasteiger partial charge in [-0.05, 0) is 81.9 Å². The van der Waals surface area contributed by atoms with Crippen molar-refractivity contribution in [2.24, 2.45) is 0 Å². The Bertz CT molecular complexity index is 2500. The van der Waals surface area contributed by atoms with E-state index in [0.717, 1.165) is 22.7 Å². The Morgan fingerprint density at radius 1 is 0.370 bits per heavy atom. The van der Waals surface area contributed by atoms with Crippen LogP contribution in [0.1, 0.15) is 0 Å². The van der Waals surface area contributed by atoms with Crippen LogP contribution in [-0.2, 0) is 0 Å². The summed E-state index contributed by atoms with van der Waals surface area (Å²) < 4.78 is 2.42. The third-order valence-corrected chi connectivity index (χ3v) is 9.15. The minimum atomic E-state index is 1.12. The molecule has 0 radical (unpaired) electrons. The maximum atomic E-state index is 2.42. The smallest absolute Gasteiger partial charge is 0.0620 e. The van der Waals surface area contributed by atoms with E-state index in [0.29, 0.717) is 0 Å². The molecule has 0 saturated carbocycles. The Balaban J connectivity index is 1.25. The number of rotatable bonds is 5. The molecule has 9 rings (SSSR count). The van der Waals surface area contributed by atoms with Crippen LogP contribution in [0.5, 0.6) is 0 Å². The van der Waals surface area contributed by atoms with Crippen molar-refractivity contribution in [3.05, 3.63) is 182 Å². The van der Waals surface area contributed by atoms with E-state index < -0.39 is 0 Å². The van der Waals surface area contributed by atoms with Gasteiger partial charge in [0.2, 0.25) is 0 Å². The first-order valence-electron chi connectivity index (χ1n) is 15.8. The Morgan fingerprint density at radius 3 is 1.80 bits per heavy atom. The van der Waals surface area contributed by atoms with Crippen molar-refractivity contribution in [2.45, 2.75) is 0 Å². The summed E-state index contributed by atoms with van der Waals surface area (Å²) in [6.45, 7) is 0. The lowest BCUT2D eigenvalue weighted by Gasteiger charge is -2.26. The van der Waals surface area contributed by atoms with Crippen molar-refractivity contribution >= 4 is 60.4 Å². The highest BCUT2D eigenvalue weighted by Crippen LogP contribution is 2.41. The number of hydrogen-bond acceptors (Lipinski definition) is 1. The number of aromatic nitrogens is 1. The van der Waals surface area contributed by atoms with Crippen LogP contribution in [0.25, 0.3) is 60.2 Å². The zero-order valence-electron chi connectivity index (χ0n) is 25.2. The second kappa shape index (κ2) is 10.8. The number of anilines is 3. The van der Waals surface area contributed by atoms with E-state index in [-0.39, 0.29) is 0 Å². The maximum absolute atomic E-state index is 2.42. The molecule has 0 atom stereocenters. The molecule has 216 valence electrons. The zero-order chi connectivity index (χ0) is 30.5. The van der Waals surface area contributed by atoms with Crippen molar-refractivity contribution < 1.29 is 0 Å². The second-order valence-corrected chi connectivity index (χ2v) is 11.8. The molecule has 0 N–H and O–H groups in total. The van der Waals surface area contributed by atoms with E-state index >= 15 is 0 Å². The Kier molecular flexibility index (Phi) is 6.17. The monoisotopic (exact) mass is 586 g/mol. The highest BCUT2D eigenvalue weighted by molar-refractivity contribution is 6.19. The van der Waals surface area contributed by atoms with E-state index in [9.17, 15) is 0 Å². The molecule has 8 aromatic carbocycles. The molecule has 2 nitrogen and oxygen atoms in total. The van der Waals surface area contributed by atoms with Crippen LogP contribution in [0, 0.1) is 0 Å². The molecule has 0 aliphatic carbocycles. The molecule has 0 aliphatic heterocycles. The van der Waals surface area contributed by atoms with Gasteiger partial charge in [-0.3, -0.25) is 0 Å².